The second-order valence-corrected chi connectivity index (χ2v) is 5.64. The third-order valence-corrected chi connectivity index (χ3v) is 4.21. The molecule has 2 aromatic rings. The fraction of sp³-hybridized carbons (Fsp3) is 0.455. The van der Waals surface area contributed by atoms with Crippen molar-refractivity contribution in [3.63, 3.8) is 0 Å². The lowest BCUT2D eigenvalue weighted by Crippen LogP contribution is -2.42. The molecule has 1 N–H and O–H groups in total. The Morgan fingerprint density at radius 3 is 3.05 bits per heavy atom. The number of H-pyrrole nitrogens is 1. The molecular weight excluding hydrogens is 264 g/mol. The number of nitrogens with one attached hydrogen (secondary N) is 1. The molecule has 0 saturated carbocycles. The SMILES string of the molecule is Cn1cc(N2CCC[C@@H](Sc3cn[nH]n3)C2=O)cn1. The molecule has 7 nitrogen and oxygen atoms in total. The molecule has 0 aromatic carbocycles. The van der Waals surface area contributed by atoms with Crippen molar-refractivity contribution in [3.8, 4) is 0 Å². The van der Waals surface area contributed by atoms with Crippen LogP contribution in [0.3, 0.4) is 0 Å². The molecule has 1 amide bonds. The van der Waals surface area contributed by atoms with E-state index in [1.165, 1.54) is 11.8 Å². The third-order valence-electron chi connectivity index (χ3n) is 3.05. The number of aromatic amines is 1. The largest absolute Gasteiger partial charge is 0.309 e. The van der Waals surface area contributed by atoms with Crippen LogP contribution in [0.4, 0.5) is 5.69 Å². The maximum absolute atomic E-state index is 12.5. The van der Waals surface area contributed by atoms with Crippen molar-refractivity contribution in [2.24, 2.45) is 7.05 Å². The predicted molar refractivity (Wildman–Crippen MR) is 70.8 cm³/mol. The molecule has 3 rings (SSSR count). The van der Waals surface area contributed by atoms with E-state index in [4.69, 9.17) is 0 Å². The van der Waals surface area contributed by atoms with Gasteiger partial charge in [-0.05, 0) is 12.8 Å². The Kier molecular flexibility index (Phi) is 3.24. The summed E-state index contributed by atoms with van der Waals surface area (Å²) in [7, 11) is 1.85. The van der Waals surface area contributed by atoms with Gasteiger partial charge in [0.05, 0.1) is 23.3 Å². The number of aryl methyl sites for hydroxylation is 1. The first-order chi connectivity index (χ1) is 9.24. The lowest BCUT2D eigenvalue weighted by atomic mass is 10.1. The van der Waals surface area contributed by atoms with Crippen molar-refractivity contribution in [3.05, 3.63) is 18.6 Å². The molecule has 0 bridgehead atoms. The van der Waals surface area contributed by atoms with Crippen LogP contribution in [0.1, 0.15) is 12.8 Å². The summed E-state index contributed by atoms with van der Waals surface area (Å²) in [5.41, 5.74) is 0.859. The summed E-state index contributed by atoms with van der Waals surface area (Å²) in [6.07, 6.45) is 7.08. The maximum Gasteiger partial charge on any atom is 0.240 e. The number of carbonyl (C=O) groups excluding carboxylic acids is 1. The highest BCUT2D eigenvalue weighted by atomic mass is 32.2. The van der Waals surface area contributed by atoms with Crippen LogP contribution in [0, 0.1) is 0 Å². The predicted octanol–water partition coefficient (Wildman–Crippen LogP) is 0.826. The first-order valence-electron chi connectivity index (χ1n) is 6.06. The zero-order chi connectivity index (χ0) is 13.2. The lowest BCUT2D eigenvalue weighted by Gasteiger charge is -2.30. The minimum absolute atomic E-state index is 0.0981. The number of thioether (sulfide) groups is 1. The number of hydrogen-bond donors (Lipinski definition) is 1. The molecule has 0 radical (unpaired) electrons. The van der Waals surface area contributed by atoms with Gasteiger partial charge in [-0.2, -0.15) is 15.4 Å². The van der Waals surface area contributed by atoms with E-state index in [0.717, 1.165) is 30.1 Å². The zero-order valence-corrected chi connectivity index (χ0v) is 11.3. The molecule has 2 aromatic heterocycles. The number of hydrogen-bond acceptors (Lipinski definition) is 5. The fourth-order valence-corrected chi connectivity index (χ4v) is 3.16. The summed E-state index contributed by atoms with van der Waals surface area (Å²) in [6.45, 7) is 0.750. The summed E-state index contributed by atoms with van der Waals surface area (Å²) in [6, 6.07) is 0. The summed E-state index contributed by atoms with van der Waals surface area (Å²) >= 11 is 1.46. The van der Waals surface area contributed by atoms with Crippen molar-refractivity contribution in [2.45, 2.75) is 23.1 Å². The second-order valence-electron chi connectivity index (χ2n) is 4.42. The number of aromatic nitrogens is 5. The van der Waals surface area contributed by atoms with E-state index in [2.05, 4.69) is 20.5 Å². The molecule has 1 aliphatic rings. The number of anilines is 1. The molecule has 8 heteroatoms. The Balaban J connectivity index is 1.75. The highest BCUT2D eigenvalue weighted by Crippen LogP contribution is 2.30. The van der Waals surface area contributed by atoms with Gasteiger partial charge < -0.3 is 4.90 Å². The van der Waals surface area contributed by atoms with Gasteiger partial charge in [0.15, 0.2) is 0 Å². The minimum Gasteiger partial charge on any atom is -0.309 e. The molecule has 0 aliphatic carbocycles. The van der Waals surface area contributed by atoms with Crippen LogP contribution in [0.5, 0.6) is 0 Å². The number of rotatable bonds is 3. The van der Waals surface area contributed by atoms with Crippen LogP contribution in [0.15, 0.2) is 23.6 Å². The van der Waals surface area contributed by atoms with Crippen LogP contribution in [0.25, 0.3) is 0 Å². The first kappa shape index (κ1) is 12.2. The third kappa shape index (κ3) is 2.48. The smallest absolute Gasteiger partial charge is 0.240 e. The zero-order valence-electron chi connectivity index (χ0n) is 10.5. The second kappa shape index (κ2) is 5.04. The topological polar surface area (TPSA) is 79.7 Å². The standard InChI is InChI=1S/C11H14N6OS/c1-16-7-8(5-13-16)17-4-2-3-9(11(17)18)19-10-6-12-15-14-10/h5-7,9H,2-4H2,1H3,(H,12,14,15)/t9-/m1/s1. The van der Waals surface area contributed by atoms with Crippen molar-refractivity contribution in [1.82, 2.24) is 25.2 Å². The van der Waals surface area contributed by atoms with E-state index in [9.17, 15) is 4.79 Å². The fourth-order valence-electron chi connectivity index (χ4n) is 2.15. The van der Waals surface area contributed by atoms with Gasteiger partial charge in [-0.15, -0.1) is 5.10 Å². The molecule has 19 heavy (non-hydrogen) atoms. The van der Waals surface area contributed by atoms with Crippen molar-refractivity contribution in [1.29, 1.82) is 0 Å². The summed E-state index contributed by atoms with van der Waals surface area (Å²) in [4.78, 5) is 14.3. The van der Waals surface area contributed by atoms with Gasteiger partial charge in [-0.25, -0.2) is 0 Å². The monoisotopic (exact) mass is 278 g/mol. The Hall–Kier alpha value is -1.83. The molecule has 100 valence electrons. The van der Waals surface area contributed by atoms with Gasteiger partial charge in [0.2, 0.25) is 5.91 Å². The first-order valence-corrected chi connectivity index (χ1v) is 6.94. The van der Waals surface area contributed by atoms with E-state index in [0.29, 0.717) is 0 Å². The molecule has 0 spiro atoms. The maximum atomic E-state index is 12.5. The lowest BCUT2D eigenvalue weighted by molar-refractivity contribution is -0.119. The molecule has 1 aliphatic heterocycles. The van der Waals surface area contributed by atoms with E-state index in [1.54, 1.807) is 22.0 Å². The van der Waals surface area contributed by atoms with Gasteiger partial charge in [0.25, 0.3) is 0 Å². The number of carbonyl (C=O) groups is 1. The van der Waals surface area contributed by atoms with Crippen molar-refractivity contribution in [2.75, 3.05) is 11.4 Å². The Bertz CT molecular complexity index is 566. The molecular formula is C11H14N6OS. The van der Waals surface area contributed by atoms with Crippen LogP contribution in [-0.2, 0) is 11.8 Å². The summed E-state index contributed by atoms with van der Waals surface area (Å²) < 4.78 is 1.71. The van der Waals surface area contributed by atoms with E-state index in [-0.39, 0.29) is 11.2 Å². The van der Waals surface area contributed by atoms with Crippen molar-refractivity contribution >= 4 is 23.4 Å². The number of piperidine rings is 1. The molecule has 3 heterocycles. The van der Waals surface area contributed by atoms with E-state index < -0.39 is 0 Å². The quantitative estimate of drug-likeness (QED) is 0.899. The van der Waals surface area contributed by atoms with Crippen LogP contribution < -0.4 is 4.90 Å². The van der Waals surface area contributed by atoms with Crippen LogP contribution in [0.2, 0.25) is 0 Å². The normalized spacial score (nSPS) is 19.9. The molecule has 1 fully saturated rings. The van der Waals surface area contributed by atoms with Gasteiger partial charge in [-0.1, -0.05) is 11.8 Å². The summed E-state index contributed by atoms with van der Waals surface area (Å²) in [5.74, 6) is 0.118. The Labute approximate surface area is 114 Å². The Morgan fingerprint density at radius 2 is 2.37 bits per heavy atom. The summed E-state index contributed by atoms with van der Waals surface area (Å²) in [5, 5.41) is 15.1. The molecule has 1 saturated heterocycles. The van der Waals surface area contributed by atoms with E-state index >= 15 is 0 Å². The van der Waals surface area contributed by atoms with Gasteiger partial charge in [0.1, 0.15) is 5.03 Å². The number of amides is 1. The average Bonchev–Trinajstić information content (AvgIpc) is 3.03. The Morgan fingerprint density at radius 1 is 1.47 bits per heavy atom. The minimum atomic E-state index is -0.0981. The molecule has 0 unspecified atom stereocenters. The highest BCUT2D eigenvalue weighted by molar-refractivity contribution is 8.00. The van der Waals surface area contributed by atoms with Crippen LogP contribution >= 0.6 is 11.8 Å². The average molecular weight is 278 g/mol. The van der Waals surface area contributed by atoms with E-state index in [1.807, 2.05) is 13.2 Å². The van der Waals surface area contributed by atoms with Gasteiger partial charge in [-0.3, -0.25) is 9.48 Å². The van der Waals surface area contributed by atoms with Gasteiger partial charge in [0, 0.05) is 19.8 Å². The van der Waals surface area contributed by atoms with Gasteiger partial charge >= 0.3 is 0 Å². The van der Waals surface area contributed by atoms with Crippen molar-refractivity contribution < 1.29 is 4.79 Å². The number of nitrogens with zero attached hydrogens (tertiary/aromatic N) is 5. The molecule has 1 atom stereocenters. The van der Waals surface area contributed by atoms with Crippen LogP contribution in [-0.4, -0.2) is 42.9 Å². The highest BCUT2D eigenvalue weighted by Gasteiger charge is 2.31.